The highest BCUT2D eigenvalue weighted by Crippen LogP contribution is 1.96. The Morgan fingerprint density at radius 1 is 1.58 bits per heavy atom. The van der Waals surface area contributed by atoms with Gasteiger partial charge in [0.05, 0.1) is 0 Å². The van der Waals surface area contributed by atoms with E-state index in [9.17, 15) is 0 Å². The minimum Gasteiger partial charge on any atom is -0.396 e. The van der Waals surface area contributed by atoms with Crippen LogP contribution in [0.2, 0.25) is 0 Å². The molecular formula is C9H20N2O. The van der Waals surface area contributed by atoms with Crippen LogP contribution in [0.5, 0.6) is 0 Å². The van der Waals surface area contributed by atoms with Crippen molar-refractivity contribution in [3.8, 4) is 0 Å². The fraction of sp³-hybridized carbons (Fsp3) is 0.778. The highest BCUT2D eigenvalue weighted by atomic mass is 16.3. The van der Waals surface area contributed by atoms with Gasteiger partial charge in [0.1, 0.15) is 0 Å². The number of hydrogen-bond acceptors (Lipinski definition) is 3. The molecule has 0 amide bonds. The van der Waals surface area contributed by atoms with Gasteiger partial charge < -0.3 is 10.8 Å². The minimum absolute atomic E-state index is 0.256. The molecule has 0 atom stereocenters. The second kappa shape index (κ2) is 7.28. The lowest BCUT2D eigenvalue weighted by Gasteiger charge is -2.20. The molecular weight excluding hydrogens is 152 g/mol. The van der Waals surface area contributed by atoms with Crippen molar-refractivity contribution in [3.05, 3.63) is 12.2 Å². The zero-order valence-electron chi connectivity index (χ0n) is 7.92. The lowest BCUT2D eigenvalue weighted by molar-refractivity contribution is 0.239. The van der Waals surface area contributed by atoms with Crippen LogP contribution in [0.1, 0.15) is 13.3 Å². The maximum absolute atomic E-state index is 8.63. The Hall–Kier alpha value is -0.380. The van der Waals surface area contributed by atoms with Gasteiger partial charge in [-0.2, -0.15) is 0 Å². The van der Waals surface area contributed by atoms with E-state index in [-0.39, 0.29) is 6.61 Å². The molecule has 0 aromatic carbocycles. The van der Waals surface area contributed by atoms with Gasteiger partial charge in [0.15, 0.2) is 0 Å². The molecule has 0 aromatic heterocycles. The second-order valence-corrected chi connectivity index (χ2v) is 2.90. The molecule has 0 saturated heterocycles. The van der Waals surface area contributed by atoms with E-state index in [1.54, 1.807) is 0 Å². The molecule has 12 heavy (non-hydrogen) atoms. The minimum atomic E-state index is 0.256. The largest absolute Gasteiger partial charge is 0.396 e. The van der Waals surface area contributed by atoms with Gasteiger partial charge in [-0.15, -0.1) is 0 Å². The maximum atomic E-state index is 8.63. The maximum Gasteiger partial charge on any atom is 0.0443 e. The van der Waals surface area contributed by atoms with E-state index < -0.39 is 0 Å². The monoisotopic (exact) mass is 172 g/mol. The third-order valence-electron chi connectivity index (χ3n) is 1.82. The van der Waals surface area contributed by atoms with E-state index in [4.69, 9.17) is 10.8 Å². The first-order valence-electron chi connectivity index (χ1n) is 4.44. The highest BCUT2D eigenvalue weighted by molar-refractivity contribution is 4.98. The zero-order valence-corrected chi connectivity index (χ0v) is 7.92. The predicted octanol–water partition coefficient (Wildman–Crippen LogP) is 0.206. The average molecular weight is 172 g/mol. The lowest BCUT2D eigenvalue weighted by Crippen LogP contribution is -2.29. The summed E-state index contributed by atoms with van der Waals surface area (Å²) in [7, 11) is 0. The number of hydrogen-bond donors (Lipinski definition) is 2. The van der Waals surface area contributed by atoms with Crippen LogP contribution in [0.3, 0.4) is 0 Å². The summed E-state index contributed by atoms with van der Waals surface area (Å²) in [5, 5.41) is 8.63. The van der Waals surface area contributed by atoms with Gasteiger partial charge in [-0.25, -0.2) is 0 Å². The third kappa shape index (κ3) is 5.29. The zero-order chi connectivity index (χ0) is 9.40. The first-order valence-corrected chi connectivity index (χ1v) is 4.44. The van der Waals surface area contributed by atoms with Crippen LogP contribution in [-0.4, -0.2) is 42.8 Å². The number of nitrogens with zero attached hydrogens (tertiary/aromatic N) is 1. The van der Waals surface area contributed by atoms with Crippen molar-refractivity contribution in [1.82, 2.24) is 4.90 Å². The molecule has 0 unspecified atom stereocenters. The van der Waals surface area contributed by atoms with Crippen LogP contribution >= 0.6 is 0 Å². The predicted molar refractivity (Wildman–Crippen MR) is 52.0 cm³/mol. The fourth-order valence-corrected chi connectivity index (χ4v) is 1.02. The van der Waals surface area contributed by atoms with Crippen LogP contribution in [0, 0.1) is 0 Å². The molecule has 0 bridgehead atoms. The van der Waals surface area contributed by atoms with E-state index in [1.807, 2.05) is 0 Å². The Kier molecular flexibility index (Phi) is 7.05. The van der Waals surface area contributed by atoms with Crippen molar-refractivity contribution in [2.24, 2.45) is 5.73 Å². The van der Waals surface area contributed by atoms with Crippen molar-refractivity contribution in [2.45, 2.75) is 13.3 Å². The Balaban J connectivity index is 3.59. The second-order valence-electron chi connectivity index (χ2n) is 2.90. The van der Waals surface area contributed by atoms with Gasteiger partial charge >= 0.3 is 0 Å². The van der Waals surface area contributed by atoms with Crippen LogP contribution in [0.25, 0.3) is 0 Å². The summed E-state index contributed by atoms with van der Waals surface area (Å²) >= 11 is 0. The number of rotatable bonds is 7. The van der Waals surface area contributed by atoms with Gasteiger partial charge in [-0.05, 0) is 18.5 Å². The fourth-order valence-electron chi connectivity index (χ4n) is 1.02. The molecule has 0 saturated carbocycles. The topological polar surface area (TPSA) is 49.5 Å². The van der Waals surface area contributed by atoms with E-state index in [0.717, 1.165) is 31.6 Å². The number of aliphatic hydroxyl groups is 1. The van der Waals surface area contributed by atoms with E-state index >= 15 is 0 Å². The van der Waals surface area contributed by atoms with Gasteiger partial charge in [0.25, 0.3) is 0 Å². The van der Waals surface area contributed by atoms with E-state index in [2.05, 4.69) is 18.4 Å². The summed E-state index contributed by atoms with van der Waals surface area (Å²) < 4.78 is 0. The van der Waals surface area contributed by atoms with Gasteiger partial charge in [-0.1, -0.05) is 13.5 Å². The van der Waals surface area contributed by atoms with Gasteiger partial charge in [0, 0.05) is 26.2 Å². The molecule has 3 nitrogen and oxygen atoms in total. The summed E-state index contributed by atoms with van der Waals surface area (Å²) in [5.74, 6) is 0. The Bertz CT molecular complexity index is 126. The first kappa shape index (κ1) is 11.6. The highest BCUT2D eigenvalue weighted by Gasteiger charge is 2.02. The van der Waals surface area contributed by atoms with Gasteiger partial charge in [0.2, 0.25) is 0 Å². The van der Waals surface area contributed by atoms with Crippen LogP contribution < -0.4 is 5.73 Å². The van der Waals surface area contributed by atoms with Crippen molar-refractivity contribution >= 4 is 0 Å². The number of nitrogens with two attached hydrogens (primary N) is 1. The molecule has 0 radical (unpaired) electrons. The van der Waals surface area contributed by atoms with Crippen molar-refractivity contribution in [2.75, 3.05) is 32.8 Å². The summed E-state index contributed by atoms with van der Waals surface area (Å²) in [4.78, 5) is 2.23. The quantitative estimate of drug-likeness (QED) is 0.540. The summed E-state index contributed by atoms with van der Waals surface area (Å²) in [6, 6.07) is 0. The molecule has 0 aromatic rings. The normalized spacial score (nSPS) is 10.7. The first-order chi connectivity index (χ1) is 5.74. The van der Waals surface area contributed by atoms with Gasteiger partial charge in [-0.3, -0.25) is 4.90 Å². The summed E-state index contributed by atoms with van der Waals surface area (Å²) in [6.45, 7) is 9.51. The van der Waals surface area contributed by atoms with Crippen molar-refractivity contribution in [1.29, 1.82) is 0 Å². The molecule has 0 aliphatic rings. The Morgan fingerprint density at radius 2 is 2.25 bits per heavy atom. The summed E-state index contributed by atoms with van der Waals surface area (Å²) in [5.41, 5.74) is 6.48. The Morgan fingerprint density at radius 3 is 2.67 bits per heavy atom. The molecule has 0 spiro atoms. The van der Waals surface area contributed by atoms with Crippen molar-refractivity contribution < 1.29 is 5.11 Å². The Labute approximate surface area is 74.9 Å². The third-order valence-corrected chi connectivity index (χ3v) is 1.82. The molecule has 0 heterocycles. The number of aliphatic hydroxyl groups excluding tert-OH is 1. The molecule has 0 fully saturated rings. The molecule has 3 heteroatoms. The number of likely N-dealkylation sites (N-methyl/N-ethyl adjacent to an activating group) is 1. The average Bonchev–Trinajstić information content (AvgIpc) is 2.11. The molecule has 0 aliphatic carbocycles. The van der Waals surface area contributed by atoms with E-state index in [1.165, 1.54) is 0 Å². The van der Waals surface area contributed by atoms with Crippen LogP contribution in [0.4, 0.5) is 0 Å². The standard InChI is InChI=1S/C9H20N2O/c1-3-11(5-4-6-12)8-9(2)7-10/h12H,2-8,10H2,1H3. The van der Waals surface area contributed by atoms with E-state index in [0.29, 0.717) is 6.54 Å². The van der Waals surface area contributed by atoms with Crippen LogP contribution in [0.15, 0.2) is 12.2 Å². The summed E-state index contributed by atoms with van der Waals surface area (Å²) in [6.07, 6.45) is 0.825. The smallest absolute Gasteiger partial charge is 0.0443 e. The SMILES string of the molecule is C=C(CN)CN(CC)CCCO. The van der Waals surface area contributed by atoms with Crippen LogP contribution in [-0.2, 0) is 0 Å². The van der Waals surface area contributed by atoms with Crippen molar-refractivity contribution in [3.63, 3.8) is 0 Å². The molecule has 0 rings (SSSR count). The molecule has 3 N–H and O–H groups in total. The molecule has 72 valence electrons. The lowest BCUT2D eigenvalue weighted by atomic mass is 10.2. The molecule has 0 aliphatic heterocycles.